The van der Waals surface area contributed by atoms with Crippen molar-refractivity contribution in [2.75, 3.05) is 7.11 Å². The quantitative estimate of drug-likeness (QED) is 0.813. The molecule has 5 heteroatoms. The molecule has 0 saturated heterocycles. The maximum Gasteiger partial charge on any atom is 0.330 e. The van der Waals surface area contributed by atoms with Crippen LogP contribution in [-0.4, -0.2) is 24.1 Å². The number of hydrogen-bond donors (Lipinski definition) is 2. The van der Waals surface area contributed by atoms with E-state index in [1.165, 1.54) is 5.56 Å². The number of carboxylic acid groups (broad SMARTS) is 1. The lowest BCUT2D eigenvalue weighted by Crippen LogP contribution is -2.33. The molecular weight excluding hydrogens is 318 g/mol. The normalized spacial score (nSPS) is 19.7. The molecule has 0 aromatic heterocycles. The van der Waals surface area contributed by atoms with Crippen LogP contribution >= 0.6 is 0 Å². The second-order valence-electron chi connectivity index (χ2n) is 6.33. The number of rotatable bonds is 7. The van der Waals surface area contributed by atoms with Gasteiger partial charge in [-0.2, -0.15) is 0 Å². The summed E-state index contributed by atoms with van der Waals surface area (Å²) in [7, 11) is 1.55. The maximum atomic E-state index is 12.3. The van der Waals surface area contributed by atoms with Gasteiger partial charge in [-0.25, -0.2) is 4.79 Å². The molecule has 5 nitrogen and oxygen atoms in total. The average molecular weight is 339 g/mol. The summed E-state index contributed by atoms with van der Waals surface area (Å²) in [6.45, 7) is 0. The molecule has 2 aromatic rings. The van der Waals surface area contributed by atoms with Crippen LogP contribution in [-0.2, 0) is 9.59 Å². The van der Waals surface area contributed by atoms with E-state index in [4.69, 9.17) is 4.74 Å². The van der Waals surface area contributed by atoms with Crippen molar-refractivity contribution in [3.8, 4) is 5.75 Å². The van der Waals surface area contributed by atoms with Gasteiger partial charge in [-0.1, -0.05) is 42.5 Å². The van der Waals surface area contributed by atoms with E-state index >= 15 is 0 Å². The van der Waals surface area contributed by atoms with E-state index in [1.807, 2.05) is 18.2 Å². The highest BCUT2D eigenvalue weighted by Gasteiger charge is 2.39. The molecule has 1 amide bonds. The van der Waals surface area contributed by atoms with E-state index in [0.29, 0.717) is 23.7 Å². The molecule has 0 aliphatic heterocycles. The number of nitrogens with one attached hydrogen (secondary N) is 1. The Bertz CT molecular complexity index is 742. The first-order valence-electron chi connectivity index (χ1n) is 8.29. The topological polar surface area (TPSA) is 75.6 Å². The maximum absolute atomic E-state index is 12.3. The summed E-state index contributed by atoms with van der Waals surface area (Å²) in [5, 5.41) is 12.1. The number of aliphatic carboxylic acids is 1. The van der Waals surface area contributed by atoms with E-state index in [-0.39, 0.29) is 11.8 Å². The SMILES string of the molecule is COc1ccc(C(NC(=O)C[C@@H]2C[C@H]2c2ccccc2)C(=O)O)cc1. The number of amides is 1. The predicted molar refractivity (Wildman–Crippen MR) is 93.4 cm³/mol. The van der Waals surface area contributed by atoms with Crippen molar-refractivity contribution in [1.29, 1.82) is 0 Å². The lowest BCUT2D eigenvalue weighted by atomic mass is 10.1. The van der Waals surface area contributed by atoms with Crippen molar-refractivity contribution < 1.29 is 19.4 Å². The number of methoxy groups -OCH3 is 1. The molecule has 1 saturated carbocycles. The van der Waals surface area contributed by atoms with Crippen LogP contribution in [0, 0.1) is 5.92 Å². The van der Waals surface area contributed by atoms with E-state index in [0.717, 1.165) is 6.42 Å². The monoisotopic (exact) mass is 339 g/mol. The highest BCUT2D eigenvalue weighted by molar-refractivity contribution is 5.85. The minimum atomic E-state index is -1.08. The van der Waals surface area contributed by atoms with Crippen LogP contribution in [0.2, 0.25) is 0 Å². The molecule has 1 fully saturated rings. The first kappa shape index (κ1) is 17.0. The third-order valence-electron chi connectivity index (χ3n) is 4.60. The zero-order chi connectivity index (χ0) is 17.8. The van der Waals surface area contributed by atoms with Gasteiger partial charge in [0, 0.05) is 6.42 Å². The number of benzene rings is 2. The Kier molecular flexibility index (Phi) is 5.03. The smallest absolute Gasteiger partial charge is 0.330 e. The molecular formula is C20H21NO4. The Hall–Kier alpha value is -2.82. The summed E-state index contributed by atoms with van der Waals surface area (Å²) in [4.78, 5) is 23.8. The number of carbonyl (C=O) groups excluding carboxylic acids is 1. The second-order valence-corrected chi connectivity index (χ2v) is 6.33. The van der Waals surface area contributed by atoms with Gasteiger partial charge >= 0.3 is 5.97 Å². The van der Waals surface area contributed by atoms with Gasteiger partial charge in [-0.15, -0.1) is 0 Å². The van der Waals surface area contributed by atoms with Gasteiger partial charge in [-0.3, -0.25) is 4.79 Å². The zero-order valence-electron chi connectivity index (χ0n) is 14.0. The van der Waals surface area contributed by atoms with Crippen molar-refractivity contribution in [1.82, 2.24) is 5.32 Å². The van der Waals surface area contributed by atoms with Crippen LogP contribution in [0.15, 0.2) is 54.6 Å². The fourth-order valence-corrected chi connectivity index (χ4v) is 3.12. The Morgan fingerprint density at radius 1 is 1.16 bits per heavy atom. The van der Waals surface area contributed by atoms with Gasteiger partial charge in [0.2, 0.25) is 5.91 Å². The molecule has 0 radical (unpaired) electrons. The largest absolute Gasteiger partial charge is 0.497 e. The van der Waals surface area contributed by atoms with Gasteiger partial charge in [0.1, 0.15) is 5.75 Å². The molecule has 0 heterocycles. The summed E-state index contributed by atoms with van der Waals surface area (Å²) in [5.41, 5.74) is 1.77. The number of carbonyl (C=O) groups is 2. The Balaban J connectivity index is 1.59. The van der Waals surface area contributed by atoms with Crippen LogP contribution in [0.3, 0.4) is 0 Å². The molecule has 2 aromatic carbocycles. The van der Waals surface area contributed by atoms with Crippen LogP contribution in [0.25, 0.3) is 0 Å². The van der Waals surface area contributed by atoms with Crippen LogP contribution in [0.1, 0.15) is 35.9 Å². The number of ether oxygens (including phenoxy) is 1. The number of carboxylic acids is 1. The fourth-order valence-electron chi connectivity index (χ4n) is 3.12. The van der Waals surface area contributed by atoms with Crippen LogP contribution < -0.4 is 10.1 Å². The average Bonchev–Trinajstić information content (AvgIpc) is 3.39. The first-order chi connectivity index (χ1) is 12.1. The highest BCUT2D eigenvalue weighted by atomic mass is 16.5. The van der Waals surface area contributed by atoms with Gasteiger partial charge in [0.05, 0.1) is 7.11 Å². The lowest BCUT2D eigenvalue weighted by Gasteiger charge is -2.15. The summed E-state index contributed by atoms with van der Waals surface area (Å²) in [5.74, 6) is 0.0207. The molecule has 0 bridgehead atoms. The Morgan fingerprint density at radius 3 is 2.44 bits per heavy atom. The molecule has 25 heavy (non-hydrogen) atoms. The summed E-state index contributed by atoms with van der Waals surface area (Å²) >= 11 is 0. The molecule has 130 valence electrons. The molecule has 3 atom stereocenters. The van der Waals surface area contributed by atoms with E-state index < -0.39 is 12.0 Å². The van der Waals surface area contributed by atoms with Crippen molar-refractivity contribution in [3.63, 3.8) is 0 Å². The van der Waals surface area contributed by atoms with Crippen LogP contribution in [0.5, 0.6) is 5.75 Å². The first-order valence-corrected chi connectivity index (χ1v) is 8.29. The van der Waals surface area contributed by atoms with Crippen molar-refractivity contribution in [2.45, 2.75) is 24.8 Å². The third-order valence-corrected chi connectivity index (χ3v) is 4.60. The van der Waals surface area contributed by atoms with Gasteiger partial charge < -0.3 is 15.2 Å². The molecule has 0 spiro atoms. The molecule has 2 N–H and O–H groups in total. The van der Waals surface area contributed by atoms with Crippen LogP contribution in [0.4, 0.5) is 0 Å². The predicted octanol–water partition coefficient (Wildman–Crippen LogP) is 3.13. The minimum Gasteiger partial charge on any atom is -0.497 e. The zero-order valence-corrected chi connectivity index (χ0v) is 14.0. The minimum absolute atomic E-state index is 0.230. The van der Waals surface area contributed by atoms with E-state index in [9.17, 15) is 14.7 Å². The molecule has 3 rings (SSSR count). The third kappa shape index (κ3) is 4.18. The molecule has 1 unspecified atom stereocenters. The lowest BCUT2D eigenvalue weighted by molar-refractivity contribution is -0.142. The van der Waals surface area contributed by atoms with E-state index in [2.05, 4.69) is 17.4 Å². The van der Waals surface area contributed by atoms with Crippen molar-refractivity contribution in [2.24, 2.45) is 5.92 Å². The molecule has 1 aliphatic carbocycles. The fraction of sp³-hybridized carbons (Fsp3) is 0.300. The highest BCUT2D eigenvalue weighted by Crippen LogP contribution is 2.49. The van der Waals surface area contributed by atoms with Crippen molar-refractivity contribution >= 4 is 11.9 Å². The standard InChI is InChI=1S/C20H21NO4/c1-25-16-9-7-14(8-10-16)19(20(23)24)21-18(22)12-15-11-17(15)13-5-3-2-4-6-13/h2-10,15,17,19H,11-12H2,1H3,(H,21,22)(H,23,24)/t15-,17-,19?/m0/s1. The molecule has 1 aliphatic rings. The van der Waals surface area contributed by atoms with Gasteiger partial charge in [0.25, 0.3) is 0 Å². The summed E-state index contributed by atoms with van der Waals surface area (Å²) < 4.78 is 5.07. The van der Waals surface area contributed by atoms with Crippen molar-refractivity contribution in [3.05, 3.63) is 65.7 Å². The summed E-state index contributed by atoms with van der Waals surface area (Å²) in [6.07, 6.45) is 1.32. The second kappa shape index (κ2) is 7.38. The van der Waals surface area contributed by atoms with E-state index in [1.54, 1.807) is 31.4 Å². The Labute approximate surface area is 146 Å². The number of hydrogen-bond acceptors (Lipinski definition) is 3. The summed E-state index contributed by atoms with van der Waals surface area (Å²) in [6, 6.07) is 15.7. The van der Waals surface area contributed by atoms with Gasteiger partial charge in [-0.05, 0) is 41.5 Å². The Morgan fingerprint density at radius 2 is 1.84 bits per heavy atom. The van der Waals surface area contributed by atoms with Gasteiger partial charge in [0.15, 0.2) is 6.04 Å².